The van der Waals surface area contributed by atoms with Gasteiger partial charge >= 0.3 is 0 Å². The van der Waals surface area contributed by atoms with Crippen molar-refractivity contribution in [1.29, 1.82) is 0 Å². The van der Waals surface area contributed by atoms with E-state index in [9.17, 15) is 0 Å². The van der Waals surface area contributed by atoms with Gasteiger partial charge in [0, 0.05) is 49.5 Å². The zero-order valence-corrected chi connectivity index (χ0v) is 14.2. The minimum absolute atomic E-state index is 1.14. The average molecular weight is 314 g/mol. The molecule has 4 rings (SSSR count). The molecular formula is C21H20N3+. The molecule has 0 aliphatic heterocycles. The van der Waals surface area contributed by atoms with Gasteiger partial charge in [-0.25, -0.2) is 0 Å². The first-order valence-electron chi connectivity index (χ1n) is 8.15. The molecule has 2 aromatic heterocycles. The monoisotopic (exact) mass is 314 g/mol. The molecule has 0 saturated heterocycles. The van der Waals surface area contributed by atoms with Crippen LogP contribution in [0.3, 0.4) is 0 Å². The number of hydrogen-bond acceptors (Lipinski definition) is 1. The fraction of sp³-hybridized carbons (Fsp3) is 0.143. The van der Waals surface area contributed by atoms with E-state index >= 15 is 0 Å². The van der Waals surface area contributed by atoms with Crippen LogP contribution < -0.4 is 4.57 Å². The first-order chi connectivity index (χ1) is 11.7. The zero-order valence-electron chi connectivity index (χ0n) is 14.2. The quantitative estimate of drug-likeness (QED) is 0.510. The second-order valence-electron chi connectivity index (χ2n) is 6.17. The molecule has 24 heavy (non-hydrogen) atoms. The number of nitrogens with zero attached hydrogens (tertiary/aromatic N) is 3. The molecule has 118 valence electrons. The normalized spacial score (nSPS) is 11.1. The van der Waals surface area contributed by atoms with Crippen molar-refractivity contribution in [1.82, 2.24) is 9.78 Å². The number of pyridine rings is 1. The van der Waals surface area contributed by atoms with Crippen LogP contribution in [0.1, 0.15) is 11.3 Å². The van der Waals surface area contributed by atoms with Crippen molar-refractivity contribution in [3.05, 3.63) is 78.2 Å². The standard InChI is InChI=1S/C21H20N3/c1-15-8-6-7-13-24(15)20-14-17-9-4-5-10-18(17)21(16(20)2)19-11-12-22-23(19)3/h4-14H,1-3H3/q+1. The van der Waals surface area contributed by atoms with Crippen molar-refractivity contribution in [2.24, 2.45) is 7.05 Å². The second-order valence-corrected chi connectivity index (χ2v) is 6.17. The van der Waals surface area contributed by atoms with Gasteiger partial charge in [-0.05, 0) is 23.8 Å². The molecule has 0 unspecified atom stereocenters. The van der Waals surface area contributed by atoms with E-state index in [1.54, 1.807) is 0 Å². The van der Waals surface area contributed by atoms with E-state index in [0.29, 0.717) is 0 Å². The molecule has 0 saturated carbocycles. The van der Waals surface area contributed by atoms with Crippen molar-refractivity contribution >= 4 is 10.8 Å². The predicted molar refractivity (Wildman–Crippen MR) is 97.2 cm³/mol. The van der Waals surface area contributed by atoms with Crippen LogP contribution in [0.25, 0.3) is 27.7 Å². The van der Waals surface area contributed by atoms with E-state index in [4.69, 9.17) is 0 Å². The lowest BCUT2D eigenvalue weighted by atomic mass is 9.95. The van der Waals surface area contributed by atoms with E-state index in [2.05, 4.69) is 84.3 Å². The summed E-state index contributed by atoms with van der Waals surface area (Å²) >= 11 is 0. The zero-order chi connectivity index (χ0) is 16.7. The summed E-state index contributed by atoms with van der Waals surface area (Å²) in [6.45, 7) is 4.34. The summed E-state index contributed by atoms with van der Waals surface area (Å²) < 4.78 is 4.20. The van der Waals surface area contributed by atoms with Gasteiger partial charge in [0.25, 0.3) is 0 Å². The Labute approximate surface area is 141 Å². The first-order valence-corrected chi connectivity index (χ1v) is 8.15. The Morgan fingerprint density at radius 3 is 2.50 bits per heavy atom. The van der Waals surface area contributed by atoms with Gasteiger partial charge in [-0.3, -0.25) is 4.68 Å². The molecule has 0 spiro atoms. The van der Waals surface area contributed by atoms with Gasteiger partial charge < -0.3 is 0 Å². The van der Waals surface area contributed by atoms with Gasteiger partial charge in [0.05, 0.1) is 5.69 Å². The number of fused-ring (bicyclic) bond motifs is 1. The maximum atomic E-state index is 4.37. The number of aromatic nitrogens is 3. The van der Waals surface area contributed by atoms with Crippen LogP contribution in [0, 0.1) is 13.8 Å². The Balaban J connectivity index is 2.13. The molecule has 0 bridgehead atoms. The molecule has 3 heteroatoms. The molecule has 0 atom stereocenters. The summed E-state index contributed by atoms with van der Waals surface area (Å²) in [5.41, 5.74) is 6.07. The minimum atomic E-state index is 1.14. The van der Waals surface area contributed by atoms with Gasteiger partial charge in [-0.2, -0.15) is 9.67 Å². The number of aryl methyl sites for hydroxylation is 2. The third-order valence-corrected chi connectivity index (χ3v) is 4.68. The molecule has 3 nitrogen and oxygen atoms in total. The van der Waals surface area contributed by atoms with E-state index < -0.39 is 0 Å². The lowest BCUT2D eigenvalue weighted by Crippen LogP contribution is -2.34. The number of hydrogen-bond donors (Lipinski definition) is 0. The highest BCUT2D eigenvalue weighted by molar-refractivity contribution is 5.99. The molecule has 0 N–H and O–H groups in total. The van der Waals surface area contributed by atoms with Crippen LogP contribution in [0.2, 0.25) is 0 Å². The summed E-state index contributed by atoms with van der Waals surface area (Å²) in [7, 11) is 2.00. The summed E-state index contributed by atoms with van der Waals surface area (Å²) in [6.07, 6.45) is 3.98. The highest BCUT2D eigenvalue weighted by Gasteiger charge is 2.20. The fourth-order valence-corrected chi connectivity index (χ4v) is 3.43. The summed E-state index contributed by atoms with van der Waals surface area (Å²) in [5.74, 6) is 0. The molecule has 0 aliphatic rings. The minimum Gasteiger partial charge on any atom is -0.268 e. The smallest absolute Gasteiger partial charge is 0.215 e. The van der Waals surface area contributed by atoms with Crippen molar-refractivity contribution in [3.63, 3.8) is 0 Å². The molecular weight excluding hydrogens is 294 g/mol. The van der Waals surface area contributed by atoms with E-state index in [0.717, 1.165) is 5.69 Å². The van der Waals surface area contributed by atoms with Crippen molar-refractivity contribution < 1.29 is 4.57 Å². The summed E-state index contributed by atoms with van der Waals surface area (Å²) in [4.78, 5) is 0. The summed E-state index contributed by atoms with van der Waals surface area (Å²) in [5, 5.41) is 6.87. The first kappa shape index (κ1) is 14.6. The summed E-state index contributed by atoms with van der Waals surface area (Å²) in [6, 6.07) is 19.2. The Morgan fingerprint density at radius 2 is 1.75 bits per heavy atom. The van der Waals surface area contributed by atoms with E-state index in [1.165, 1.54) is 33.3 Å². The Bertz CT molecular complexity index is 1040. The van der Waals surface area contributed by atoms with Gasteiger partial charge in [0.15, 0.2) is 11.9 Å². The van der Waals surface area contributed by atoms with Crippen molar-refractivity contribution in [2.75, 3.05) is 0 Å². The van der Waals surface area contributed by atoms with Gasteiger partial charge in [-0.1, -0.05) is 30.3 Å². The molecule has 2 aromatic carbocycles. The molecule has 0 amide bonds. The topological polar surface area (TPSA) is 21.7 Å². The molecule has 0 fully saturated rings. The molecule has 4 aromatic rings. The third-order valence-electron chi connectivity index (χ3n) is 4.68. The molecule has 0 radical (unpaired) electrons. The number of benzene rings is 2. The third kappa shape index (κ3) is 2.21. The van der Waals surface area contributed by atoms with Crippen molar-refractivity contribution in [2.45, 2.75) is 13.8 Å². The molecule has 0 aliphatic carbocycles. The van der Waals surface area contributed by atoms with Crippen LogP contribution in [0.15, 0.2) is 67.0 Å². The van der Waals surface area contributed by atoms with Crippen LogP contribution in [0.4, 0.5) is 0 Å². The largest absolute Gasteiger partial charge is 0.268 e. The van der Waals surface area contributed by atoms with Crippen LogP contribution in [0.5, 0.6) is 0 Å². The maximum absolute atomic E-state index is 4.37. The Morgan fingerprint density at radius 1 is 0.958 bits per heavy atom. The fourth-order valence-electron chi connectivity index (χ4n) is 3.43. The number of rotatable bonds is 2. The van der Waals surface area contributed by atoms with Crippen LogP contribution >= 0.6 is 0 Å². The Kier molecular flexibility index (Phi) is 3.42. The van der Waals surface area contributed by atoms with Crippen molar-refractivity contribution in [3.8, 4) is 16.9 Å². The SMILES string of the molecule is Cc1c(-[n+]2ccccc2C)cc2ccccc2c1-c1ccnn1C. The maximum Gasteiger partial charge on any atom is 0.215 e. The van der Waals surface area contributed by atoms with Gasteiger partial charge in [-0.15, -0.1) is 0 Å². The Hall–Kier alpha value is -2.94. The lowest BCUT2D eigenvalue weighted by Gasteiger charge is -2.13. The van der Waals surface area contributed by atoms with Gasteiger partial charge in [0.1, 0.15) is 0 Å². The highest BCUT2D eigenvalue weighted by Crippen LogP contribution is 2.34. The van der Waals surface area contributed by atoms with Gasteiger partial charge in [0.2, 0.25) is 5.69 Å². The molecule has 2 heterocycles. The van der Waals surface area contributed by atoms with Crippen LogP contribution in [-0.2, 0) is 7.05 Å². The van der Waals surface area contributed by atoms with Crippen LogP contribution in [-0.4, -0.2) is 9.78 Å². The second kappa shape index (κ2) is 5.60. The average Bonchev–Trinajstić information content (AvgIpc) is 3.01. The highest BCUT2D eigenvalue weighted by atomic mass is 15.3. The lowest BCUT2D eigenvalue weighted by molar-refractivity contribution is -0.603. The van der Waals surface area contributed by atoms with E-state index in [-0.39, 0.29) is 0 Å². The predicted octanol–water partition coefficient (Wildman–Crippen LogP) is 4.13. The van der Waals surface area contributed by atoms with E-state index in [1.807, 2.05) is 17.9 Å².